The summed E-state index contributed by atoms with van der Waals surface area (Å²) in [5.41, 5.74) is 2.58. The van der Waals surface area contributed by atoms with E-state index in [1.54, 1.807) is 12.3 Å². The third-order valence-corrected chi connectivity index (χ3v) is 5.65. The molecule has 4 aromatic rings. The molecule has 0 bridgehead atoms. The number of rotatable bonds is 5. The summed E-state index contributed by atoms with van der Waals surface area (Å²) in [6.45, 7) is 0.398. The van der Waals surface area contributed by atoms with Gasteiger partial charge in [0.15, 0.2) is 0 Å². The summed E-state index contributed by atoms with van der Waals surface area (Å²) in [6.07, 6.45) is 4.11. The lowest BCUT2D eigenvalue weighted by molar-refractivity contribution is 0.251. The average molecular weight is 410 g/mol. The molecule has 5 rings (SSSR count). The minimum absolute atomic E-state index is 0.128. The van der Waals surface area contributed by atoms with Gasteiger partial charge in [0.05, 0.1) is 6.54 Å². The Balaban J connectivity index is 1.23. The maximum absolute atomic E-state index is 12.5. The maximum Gasteiger partial charge on any atom is 0.347 e. The van der Waals surface area contributed by atoms with Gasteiger partial charge in [-0.1, -0.05) is 54.6 Å². The minimum Gasteiger partial charge on any atom is -0.334 e. The first-order valence-electron chi connectivity index (χ1n) is 10.3. The molecule has 0 aliphatic heterocycles. The Morgan fingerprint density at radius 1 is 1.03 bits per heavy atom. The maximum atomic E-state index is 12.5. The van der Waals surface area contributed by atoms with Gasteiger partial charge in [-0.15, -0.1) is 0 Å². The molecule has 154 valence electrons. The Kier molecular flexibility index (Phi) is 4.96. The van der Waals surface area contributed by atoms with Crippen molar-refractivity contribution in [3.8, 4) is 0 Å². The van der Waals surface area contributed by atoms with Crippen LogP contribution >= 0.6 is 0 Å². The van der Waals surface area contributed by atoms with Crippen molar-refractivity contribution in [3.63, 3.8) is 0 Å². The first kappa shape index (κ1) is 19.1. The Hall–Kier alpha value is -3.93. The minimum atomic E-state index is -0.299. The third kappa shape index (κ3) is 4.19. The molecule has 0 radical (unpaired) electrons. The van der Waals surface area contributed by atoms with Gasteiger partial charge in [0, 0.05) is 30.0 Å². The number of aromatic nitrogens is 2. The second-order valence-corrected chi connectivity index (χ2v) is 7.85. The molecule has 0 spiro atoms. The van der Waals surface area contributed by atoms with Gasteiger partial charge in [-0.2, -0.15) is 0 Å². The molecule has 1 aliphatic rings. The quantitative estimate of drug-likeness (QED) is 0.520. The first-order valence-corrected chi connectivity index (χ1v) is 10.3. The molecule has 0 unspecified atom stereocenters. The number of hydrogen-bond donors (Lipinski definition) is 2. The van der Waals surface area contributed by atoms with Gasteiger partial charge in [0.25, 0.3) is 0 Å². The highest BCUT2D eigenvalue weighted by molar-refractivity contribution is 5.90. The van der Waals surface area contributed by atoms with Crippen molar-refractivity contribution in [1.29, 1.82) is 0 Å². The molecular weight excluding hydrogens is 388 g/mol. The fourth-order valence-electron chi connectivity index (χ4n) is 4.06. The molecule has 1 aromatic heterocycles. The third-order valence-electron chi connectivity index (χ3n) is 5.65. The van der Waals surface area contributed by atoms with Gasteiger partial charge in [0.1, 0.15) is 0 Å². The average Bonchev–Trinajstić information content (AvgIpc) is 3.54. The highest BCUT2D eigenvalue weighted by Gasteiger charge is 2.40. The van der Waals surface area contributed by atoms with E-state index in [1.807, 2.05) is 30.3 Å². The number of hydrogen-bond acceptors (Lipinski definition) is 3. The van der Waals surface area contributed by atoms with Crippen molar-refractivity contribution in [3.05, 3.63) is 107 Å². The van der Waals surface area contributed by atoms with Crippen LogP contribution in [0.3, 0.4) is 0 Å². The van der Waals surface area contributed by atoms with Gasteiger partial charge >= 0.3 is 11.7 Å². The predicted octanol–water partition coefficient (Wildman–Crippen LogP) is 4.12. The second kappa shape index (κ2) is 8.07. The number of benzene rings is 3. The first-order chi connectivity index (χ1) is 15.2. The predicted molar refractivity (Wildman–Crippen MR) is 121 cm³/mol. The summed E-state index contributed by atoms with van der Waals surface area (Å²) >= 11 is 0. The van der Waals surface area contributed by atoms with Crippen molar-refractivity contribution in [2.75, 3.05) is 5.32 Å². The number of anilines is 1. The van der Waals surface area contributed by atoms with Crippen molar-refractivity contribution in [2.24, 2.45) is 0 Å². The summed E-state index contributed by atoms with van der Waals surface area (Å²) < 4.78 is 1.53. The molecule has 2 amide bonds. The summed E-state index contributed by atoms with van der Waals surface area (Å²) in [6, 6.07) is 23.8. The number of nitrogens with zero attached hydrogens (tertiary/aromatic N) is 2. The number of fused-ring (bicyclic) bond motifs is 1. The molecule has 31 heavy (non-hydrogen) atoms. The zero-order valence-electron chi connectivity index (χ0n) is 16.9. The Labute approximate surface area is 179 Å². The van der Waals surface area contributed by atoms with Crippen molar-refractivity contribution < 1.29 is 4.79 Å². The van der Waals surface area contributed by atoms with Gasteiger partial charge < -0.3 is 10.6 Å². The largest absolute Gasteiger partial charge is 0.347 e. The molecule has 0 saturated heterocycles. The molecule has 1 fully saturated rings. The highest BCUT2D eigenvalue weighted by Crippen LogP contribution is 2.43. The number of urea groups is 1. The van der Waals surface area contributed by atoms with Gasteiger partial charge in [-0.05, 0) is 46.5 Å². The van der Waals surface area contributed by atoms with Crippen LogP contribution in [0, 0.1) is 0 Å². The van der Waals surface area contributed by atoms with Crippen LogP contribution in [-0.4, -0.2) is 21.6 Å². The number of nitrogens with one attached hydrogen (secondary N) is 2. The van der Waals surface area contributed by atoms with Gasteiger partial charge in [0.2, 0.25) is 0 Å². The molecule has 1 aliphatic carbocycles. The van der Waals surface area contributed by atoms with Crippen LogP contribution in [0.25, 0.3) is 10.8 Å². The molecule has 6 heteroatoms. The normalized spacial score (nSPS) is 17.3. The lowest BCUT2D eigenvalue weighted by atomic mass is 10.0. The van der Waals surface area contributed by atoms with E-state index in [2.05, 4.69) is 52.0 Å². The summed E-state index contributed by atoms with van der Waals surface area (Å²) in [4.78, 5) is 28.1. The molecule has 1 heterocycles. The zero-order chi connectivity index (χ0) is 21.2. The zero-order valence-corrected chi connectivity index (χ0v) is 16.9. The SMILES string of the molecule is O=C(Nc1cccc(Cn2cccnc2=O)c1)N[C@@H]1C[C@H]1c1cccc2ccccc12. The topological polar surface area (TPSA) is 76.0 Å². The monoisotopic (exact) mass is 410 g/mol. The van der Waals surface area contributed by atoms with E-state index in [9.17, 15) is 9.59 Å². The number of carbonyl (C=O) groups excluding carboxylic acids is 1. The van der Waals surface area contributed by atoms with E-state index < -0.39 is 0 Å². The van der Waals surface area contributed by atoms with E-state index in [-0.39, 0.29) is 17.8 Å². The summed E-state index contributed by atoms with van der Waals surface area (Å²) in [7, 11) is 0. The molecule has 3 aromatic carbocycles. The second-order valence-electron chi connectivity index (χ2n) is 7.85. The van der Waals surface area contributed by atoms with Crippen LogP contribution in [0.2, 0.25) is 0 Å². The molecular formula is C25H22N4O2. The van der Waals surface area contributed by atoms with Crippen LogP contribution in [0.15, 0.2) is 90.0 Å². The molecule has 2 atom stereocenters. The summed E-state index contributed by atoms with van der Waals surface area (Å²) in [5.74, 6) is 0.334. The fraction of sp³-hybridized carbons (Fsp3) is 0.160. The smallest absolute Gasteiger partial charge is 0.334 e. The Bertz CT molecular complexity index is 1310. The van der Waals surface area contributed by atoms with Gasteiger partial charge in [-0.3, -0.25) is 4.57 Å². The van der Waals surface area contributed by atoms with E-state index >= 15 is 0 Å². The van der Waals surface area contributed by atoms with E-state index in [1.165, 1.54) is 27.1 Å². The van der Waals surface area contributed by atoms with E-state index in [0.29, 0.717) is 18.2 Å². The summed E-state index contributed by atoms with van der Waals surface area (Å²) in [5, 5.41) is 8.46. The molecule has 6 nitrogen and oxygen atoms in total. The highest BCUT2D eigenvalue weighted by atomic mass is 16.2. The van der Waals surface area contributed by atoms with Crippen LogP contribution in [-0.2, 0) is 6.54 Å². The van der Waals surface area contributed by atoms with E-state index in [4.69, 9.17) is 0 Å². The Morgan fingerprint density at radius 2 is 1.87 bits per heavy atom. The lowest BCUT2D eigenvalue weighted by Gasteiger charge is -2.10. The number of amides is 2. The Morgan fingerprint density at radius 3 is 2.77 bits per heavy atom. The number of carbonyl (C=O) groups is 1. The van der Waals surface area contributed by atoms with Crippen LogP contribution in [0.4, 0.5) is 10.5 Å². The lowest BCUT2D eigenvalue weighted by Crippen LogP contribution is -2.31. The van der Waals surface area contributed by atoms with Crippen molar-refractivity contribution in [2.45, 2.75) is 24.9 Å². The standard InChI is InChI=1S/C25H22N4O2/c30-24(27-19-9-3-6-17(14-19)16-29-13-5-12-26-25(29)31)28-23-15-22(23)21-11-4-8-18-7-1-2-10-20(18)21/h1-14,22-23H,15-16H2,(H2,27,28,30)/t22-,23+/m0/s1. The van der Waals surface area contributed by atoms with Crippen LogP contribution in [0.5, 0.6) is 0 Å². The molecule has 2 N–H and O–H groups in total. The van der Waals surface area contributed by atoms with Crippen molar-refractivity contribution in [1.82, 2.24) is 14.9 Å². The van der Waals surface area contributed by atoms with Crippen LogP contribution < -0.4 is 16.3 Å². The van der Waals surface area contributed by atoms with E-state index in [0.717, 1.165) is 12.0 Å². The van der Waals surface area contributed by atoms with Crippen LogP contribution in [0.1, 0.15) is 23.5 Å². The van der Waals surface area contributed by atoms with Gasteiger partial charge in [-0.25, -0.2) is 14.6 Å². The van der Waals surface area contributed by atoms with Crippen molar-refractivity contribution >= 4 is 22.5 Å². The molecule has 1 saturated carbocycles. The fourth-order valence-corrected chi connectivity index (χ4v) is 4.06.